The van der Waals surface area contributed by atoms with Gasteiger partial charge in [-0.3, -0.25) is 0 Å². The fourth-order valence-electron chi connectivity index (χ4n) is 1.04. The van der Waals surface area contributed by atoms with Gasteiger partial charge in [0.2, 0.25) is 0 Å². The molecule has 1 aromatic rings. The van der Waals surface area contributed by atoms with E-state index in [1.54, 1.807) is 6.92 Å². The number of rotatable bonds is 2. The molecule has 0 radical (unpaired) electrons. The topological polar surface area (TPSA) is 26.3 Å². The Morgan fingerprint density at radius 2 is 1.92 bits per heavy atom. The second-order valence-electron chi connectivity index (χ2n) is 2.91. The smallest absolute Gasteiger partial charge is 0.404 e. The SMILES string of the molecule is Cc1ccc([C@H](C)OC(=O)Cl)cc1. The van der Waals surface area contributed by atoms with E-state index in [0.29, 0.717) is 0 Å². The van der Waals surface area contributed by atoms with Gasteiger partial charge in [0.1, 0.15) is 6.10 Å². The molecule has 1 atom stereocenters. The molecule has 2 nitrogen and oxygen atoms in total. The Labute approximate surface area is 82.5 Å². The van der Waals surface area contributed by atoms with Crippen molar-refractivity contribution in [1.29, 1.82) is 0 Å². The van der Waals surface area contributed by atoms with Crippen LogP contribution in [-0.4, -0.2) is 5.43 Å². The summed E-state index contributed by atoms with van der Waals surface area (Å²) < 4.78 is 4.80. The third-order valence-electron chi connectivity index (χ3n) is 1.82. The van der Waals surface area contributed by atoms with Crippen LogP contribution >= 0.6 is 11.6 Å². The van der Waals surface area contributed by atoms with Crippen LogP contribution < -0.4 is 0 Å². The predicted octanol–water partition coefficient (Wildman–Crippen LogP) is 3.43. The van der Waals surface area contributed by atoms with Gasteiger partial charge in [-0.2, -0.15) is 0 Å². The van der Waals surface area contributed by atoms with Crippen molar-refractivity contribution in [3.8, 4) is 0 Å². The van der Waals surface area contributed by atoms with Gasteiger partial charge in [-0.1, -0.05) is 29.8 Å². The molecule has 0 aromatic heterocycles. The summed E-state index contributed by atoms with van der Waals surface area (Å²) in [6, 6.07) is 7.77. The molecule has 0 fully saturated rings. The summed E-state index contributed by atoms with van der Waals surface area (Å²) in [5, 5.41) is 0. The summed E-state index contributed by atoms with van der Waals surface area (Å²) in [7, 11) is 0. The number of aryl methyl sites for hydroxylation is 1. The molecule has 0 unspecified atom stereocenters. The highest BCUT2D eigenvalue weighted by Gasteiger charge is 2.08. The van der Waals surface area contributed by atoms with Crippen LogP contribution in [-0.2, 0) is 4.74 Å². The Morgan fingerprint density at radius 3 is 2.38 bits per heavy atom. The Bertz CT molecular complexity index is 292. The molecule has 1 aromatic carbocycles. The van der Waals surface area contributed by atoms with Crippen molar-refractivity contribution in [2.45, 2.75) is 20.0 Å². The summed E-state index contributed by atoms with van der Waals surface area (Å²) in [5.74, 6) is 0. The van der Waals surface area contributed by atoms with Crippen LogP contribution in [0.4, 0.5) is 4.79 Å². The van der Waals surface area contributed by atoms with Gasteiger partial charge in [-0.05, 0) is 19.4 Å². The maximum atomic E-state index is 10.4. The van der Waals surface area contributed by atoms with Gasteiger partial charge in [0.05, 0.1) is 0 Å². The van der Waals surface area contributed by atoms with E-state index in [0.717, 1.165) is 5.56 Å². The van der Waals surface area contributed by atoms with Crippen molar-refractivity contribution < 1.29 is 9.53 Å². The summed E-state index contributed by atoms with van der Waals surface area (Å²) >= 11 is 5.09. The fraction of sp³-hybridized carbons (Fsp3) is 0.300. The molecule has 0 amide bonds. The molecule has 13 heavy (non-hydrogen) atoms. The molecule has 0 aliphatic rings. The molecular weight excluding hydrogens is 188 g/mol. The van der Waals surface area contributed by atoms with E-state index in [9.17, 15) is 4.79 Å². The first-order chi connectivity index (χ1) is 6.09. The normalized spacial score (nSPS) is 12.2. The quantitative estimate of drug-likeness (QED) is 0.681. The number of halogens is 1. The standard InChI is InChI=1S/C10H11ClO2/c1-7-3-5-9(6-4-7)8(2)13-10(11)12/h3-6,8H,1-2H3/t8-/m0/s1. The Kier molecular flexibility index (Phi) is 3.32. The summed E-state index contributed by atoms with van der Waals surface area (Å²) in [6.45, 7) is 3.78. The molecule has 0 aliphatic heterocycles. The molecule has 0 aliphatic carbocycles. The van der Waals surface area contributed by atoms with E-state index in [2.05, 4.69) is 0 Å². The second-order valence-corrected chi connectivity index (χ2v) is 3.22. The maximum Gasteiger partial charge on any atom is 0.404 e. The molecule has 0 N–H and O–H groups in total. The number of hydrogen-bond donors (Lipinski definition) is 0. The van der Waals surface area contributed by atoms with Crippen molar-refractivity contribution >= 4 is 17.0 Å². The van der Waals surface area contributed by atoms with E-state index in [4.69, 9.17) is 16.3 Å². The molecule has 0 spiro atoms. The van der Waals surface area contributed by atoms with Gasteiger partial charge in [0.15, 0.2) is 0 Å². The van der Waals surface area contributed by atoms with Crippen molar-refractivity contribution in [2.24, 2.45) is 0 Å². The van der Waals surface area contributed by atoms with Gasteiger partial charge in [0, 0.05) is 11.6 Å². The lowest BCUT2D eigenvalue weighted by molar-refractivity contribution is 0.132. The Morgan fingerprint density at radius 1 is 1.38 bits per heavy atom. The lowest BCUT2D eigenvalue weighted by Crippen LogP contribution is -2.01. The molecular formula is C10H11ClO2. The van der Waals surface area contributed by atoms with E-state index in [1.807, 2.05) is 31.2 Å². The highest BCUT2D eigenvalue weighted by molar-refractivity contribution is 6.61. The number of ether oxygens (including phenoxy) is 1. The third-order valence-corrected chi connectivity index (χ3v) is 1.91. The molecule has 0 saturated heterocycles. The predicted molar refractivity (Wildman–Crippen MR) is 51.9 cm³/mol. The van der Waals surface area contributed by atoms with E-state index < -0.39 is 5.43 Å². The monoisotopic (exact) mass is 198 g/mol. The van der Waals surface area contributed by atoms with Crippen molar-refractivity contribution in [1.82, 2.24) is 0 Å². The minimum atomic E-state index is -0.770. The minimum Gasteiger partial charge on any atom is -0.446 e. The zero-order chi connectivity index (χ0) is 9.84. The summed E-state index contributed by atoms with van der Waals surface area (Å²) in [5.41, 5.74) is 1.35. The van der Waals surface area contributed by atoms with E-state index >= 15 is 0 Å². The minimum absolute atomic E-state index is 0.286. The Hall–Kier alpha value is -1.02. The number of carbonyl (C=O) groups excluding carboxylic acids is 1. The van der Waals surface area contributed by atoms with Crippen LogP contribution in [0, 0.1) is 6.92 Å². The van der Waals surface area contributed by atoms with Crippen molar-refractivity contribution in [3.05, 3.63) is 35.4 Å². The second kappa shape index (κ2) is 4.28. The molecule has 70 valence electrons. The molecule has 0 bridgehead atoms. The van der Waals surface area contributed by atoms with Gasteiger partial charge in [-0.25, -0.2) is 4.79 Å². The highest BCUT2D eigenvalue weighted by atomic mass is 35.5. The summed E-state index contributed by atoms with van der Waals surface area (Å²) in [4.78, 5) is 10.4. The lowest BCUT2D eigenvalue weighted by atomic mass is 10.1. The largest absolute Gasteiger partial charge is 0.446 e. The van der Waals surface area contributed by atoms with Crippen LogP contribution in [0.2, 0.25) is 0 Å². The zero-order valence-corrected chi connectivity index (χ0v) is 8.34. The van der Waals surface area contributed by atoms with Crippen LogP contribution in [0.15, 0.2) is 24.3 Å². The van der Waals surface area contributed by atoms with Crippen molar-refractivity contribution in [3.63, 3.8) is 0 Å². The highest BCUT2D eigenvalue weighted by Crippen LogP contribution is 2.17. The van der Waals surface area contributed by atoms with Gasteiger partial charge in [0.25, 0.3) is 0 Å². The average Bonchev–Trinajstić information content (AvgIpc) is 2.04. The first kappa shape index (κ1) is 10.1. The van der Waals surface area contributed by atoms with Crippen LogP contribution in [0.1, 0.15) is 24.2 Å². The van der Waals surface area contributed by atoms with Crippen LogP contribution in [0.3, 0.4) is 0 Å². The molecule has 0 heterocycles. The fourth-order valence-corrected chi connectivity index (χ4v) is 1.18. The van der Waals surface area contributed by atoms with Gasteiger partial charge < -0.3 is 4.74 Å². The maximum absolute atomic E-state index is 10.4. The zero-order valence-electron chi connectivity index (χ0n) is 7.58. The van der Waals surface area contributed by atoms with Crippen LogP contribution in [0.5, 0.6) is 0 Å². The van der Waals surface area contributed by atoms with E-state index in [-0.39, 0.29) is 6.10 Å². The summed E-state index contributed by atoms with van der Waals surface area (Å²) in [6.07, 6.45) is -0.286. The molecule has 0 saturated carbocycles. The van der Waals surface area contributed by atoms with Gasteiger partial charge >= 0.3 is 5.43 Å². The number of hydrogen-bond acceptors (Lipinski definition) is 2. The van der Waals surface area contributed by atoms with E-state index in [1.165, 1.54) is 5.56 Å². The number of carbonyl (C=O) groups is 1. The van der Waals surface area contributed by atoms with Crippen LogP contribution in [0.25, 0.3) is 0 Å². The Balaban J connectivity index is 2.71. The first-order valence-corrected chi connectivity index (χ1v) is 4.40. The lowest BCUT2D eigenvalue weighted by Gasteiger charge is -2.10. The number of benzene rings is 1. The molecule has 3 heteroatoms. The van der Waals surface area contributed by atoms with Crippen molar-refractivity contribution in [2.75, 3.05) is 0 Å². The van der Waals surface area contributed by atoms with Gasteiger partial charge in [-0.15, -0.1) is 0 Å². The first-order valence-electron chi connectivity index (χ1n) is 4.02. The average molecular weight is 199 g/mol. The third kappa shape index (κ3) is 3.07. The molecule has 1 rings (SSSR count).